The van der Waals surface area contributed by atoms with Gasteiger partial charge in [-0.1, -0.05) is 12.1 Å². The lowest BCUT2D eigenvalue weighted by Gasteiger charge is -2.16. The van der Waals surface area contributed by atoms with Crippen LogP contribution >= 0.6 is 12.4 Å². The largest absolute Gasteiger partial charge is 0.323 e. The summed E-state index contributed by atoms with van der Waals surface area (Å²) >= 11 is 0. The molecule has 70 valence electrons. The quantitative estimate of drug-likeness (QED) is 0.685. The molecule has 2 rings (SSSR count). The Labute approximate surface area is 81.6 Å². The Hall–Kier alpha value is -1.09. The Morgan fingerprint density at radius 2 is 2.08 bits per heavy atom. The molecule has 0 saturated carbocycles. The maximum atomic E-state index is 13.0. The van der Waals surface area contributed by atoms with Crippen LogP contribution < -0.4 is 5.32 Å². The predicted molar refractivity (Wildman–Crippen MR) is 50.6 cm³/mol. The van der Waals surface area contributed by atoms with Crippen molar-refractivity contribution < 1.29 is 9.18 Å². The first-order valence-electron chi connectivity index (χ1n) is 3.84. The molecular formula is C9H9ClFNO. The van der Waals surface area contributed by atoms with Crippen molar-refractivity contribution in [3.05, 3.63) is 29.6 Å². The smallest absolute Gasteiger partial charge is 0.224 e. The van der Waals surface area contributed by atoms with Crippen molar-refractivity contribution in [2.45, 2.75) is 12.8 Å². The number of hydrogen-bond donors (Lipinski definition) is 1. The minimum atomic E-state index is -0.347. The second-order valence-corrected chi connectivity index (χ2v) is 2.82. The standard InChI is InChI=1S/C9H8FNO.ClH/c10-7-3-1-2-6-4-5-8(12)11-9(6)7;/h1-3H,4-5H2,(H,11,12);1H. The maximum absolute atomic E-state index is 13.0. The van der Waals surface area contributed by atoms with E-state index in [0.29, 0.717) is 18.5 Å². The molecule has 13 heavy (non-hydrogen) atoms. The number of benzene rings is 1. The summed E-state index contributed by atoms with van der Waals surface area (Å²) in [6.45, 7) is 0. The molecule has 4 heteroatoms. The Morgan fingerprint density at radius 3 is 2.85 bits per heavy atom. The topological polar surface area (TPSA) is 29.1 Å². The normalized spacial score (nSPS) is 14.1. The van der Waals surface area contributed by atoms with E-state index in [1.807, 2.05) is 6.07 Å². The van der Waals surface area contributed by atoms with Crippen molar-refractivity contribution in [3.63, 3.8) is 0 Å². The van der Waals surface area contributed by atoms with Gasteiger partial charge in [0, 0.05) is 6.42 Å². The number of carbonyl (C=O) groups is 1. The van der Waals surface area contributed by atoms with E-state index in [1.165, 1.54) is 6.07 Å². The molecule has 1 aliphatic heterocycles. The van der Waals surface area contributed by atoms with Gasteiger partial charge in [-0.25, -0.2) is 4.39 Å². The van der Waals surface area contributed by atoms with Gasteiger partial charge in [0.1, 0.15) is 5.82 Å². The molecular weight excluding hydrogens is 193 g/mol. The molecule has 0 aromatic heterocycles. The van der Waals surface area contributed by atoms with E-state index < -0.39 is 0 Å². The zero-order chi connectivity index (χ0) is 8.55. The molecule has 0 radical (unpaired) electrons. The number of nitrogens with one attached hydrogen (secondary N) is 1. The van der Waals surface area contributed by atoms with Gasteiger partial charge in [-0.3, -0.25) is 4.79 Å². The summed E-state index contributed by atoms with van der Waals surface area (Å²) in [6.07, 6.45) is 1.09. The van der Waals surface area contributed by atoms with Crippen LogP contribution in [-0.2, 0) is 11.2 Å². The number of aryl methyl sites for hydroxylation is 1. The molecule has 0 saturated heterocycles. The lowest BCUT2D eigenvalue weighted by atomic mass is 10.0. The van der Waals surface area contributed by atoms with Crippen molar-refractivity contribution in [3.8, 4) is 0 Å². The van der Waals surface area contributed by atoms with E-state index in [4.69, 9.17) is 0 Å². The van der Waals surface area contributed by atoms with Gasteiger partial charge in [-0.15, -0.1) is 12.4 Å². The van der Waals surface area contributed by atoms with Gasteiger partial charge in [0.25, 0.3) is 0 Å². The first kappa shape index (κ1) is 9.99. The minimum absolute atomic E-state index is 0. The summed E-state index contributed by atoms with van der Waals surface area (Å²) in [4.78, 5) is 10.9. The maximum Gasteiger partial charge on any atom is 0.224 e. The summed E-state index contributed by atoms with van der Waals surface area (Å²) < 4.78 is 13.0. The molecule has 0 bridgehead atoms. The SMILES string of the molecule is Cl.O=C1CCc2cccc(F)c2N1. The van der Waals surface area contributed by atoms with E-state index in [2.05, 4.69) is 5.32 Å². The lowest BCUT2D eigenvalue weighted by Crippen LogP contribution is -2.19. The Bertz CT molecular complexity index is 340. The average Bonchev–Trinajstić information content (AvgIpc) is 2.07. The van der Waals surface area contributed by atoms with Crippen molar-refractivity contribution in [2.75, 3.05) is 5.32 Å². The molecule has 1 aromatic carbocycles. The van der Waals surface area contributed by atoms with Gasteiger partial charge < -0.3 is 5.32 Å². The fraction of sp³-hybridized carbons (Fsp3) is 0.222. The first-order chi connectivity index (χ1) is 5.77. The zero-order valence-corrected chi connectivity index (χ0v) is 7.66. The highest BCUT2D eigenvalue weighted by atomic mass is 35.5. The lowest BCUT2D eigenvalue weighted by molar-refractivity contribution is -0.116. The first-order valence-corrected chi connectivity index (χ1v) is 3.84. The number of hydrogen-bond acceptors (Lipinski definition) is 1. The molecule has 0 fully saturated rings. The summed E-state index contributed by atoms with van der Waals surface area (Å²) in [5.74, 6) is -0.451. The van der Waals surface area contributed by atoms with Crippen LogP contribution in [0.5, 0.6) is 0 Å². The third-order valence-electron chi connectivity index (χ3n) is 1.99. The van der Waals surface area contributed by atoms with E-state index in [-0.39, 0.29) is 24.1 Å². The molecule has 1 aromatic rings. The molecule has 0 unspecified atom stereocenters. The third kappa shape index (κ3) is 1.80. The van der Waals surface area contributed by atoms with Crippen LogP contribution in [0, 0.1) is 5.82 Å². The van der Waals surface area contributed by atoms with E-state index in [9.17, 15) is 9.18 Å². The number of amides is 1. The van der Waals surface area contributed by atoms with Gasteiger partial charge in [-0.2, -0.15) is 0 Å². The fourth-order valence-corrected chi connectivity index (χ4v) is 1.37. The van der Waals surface area contributed by atoms with Crippen LogP contribution in [0.1, 0.15) is 12.0 Å². The van der Waals surface area contributed by atoms with Gasteiger partial charge in [-0.05, 0) is 18.1 Å². The molecule has 0 atom stereocenters. The van der Waals surface area contributed by atoms with Crippen LogP contribution in [0.3, 0.4) is 0 Å². The minimum Gasteiger partial charge on any atom is -0.323 e. The van der Waals surface area contributed by atoms with E-state index in [0.717, 1.165) is 5.56 Å². The predicted octanol–water partition coefficient (Wildman–Crippen LogP) is 2.13. The summed E-state index contributed by atoms with van der Waals surface area (Å²) in [6, 6.07) is 4.84. The van der Waals surface area contributed by atoms with Crippen LogP contribution in [0.25, 0.3) is 0 Å². The Balaban J connectivity index is 0.000000845. The number of para-hydroxylation sites is 1. The Kier molecular flexibility index (Phi) is 2.88. The number of rotatable bonds is 0. The second kappa shape index (κ2) is 3.75. The van der Waals surface area contributed by atoms with E-state index in [1.54, 1.807) is 6.07 Å². The highest BCUT2D eigenvalue weighted by Gasteiger charge is 2.16. The fourth-order valence-electron chi connectivity index (χ4n) is 1.37. The molecule has 0 spiro atoms. The van der Waals surface area contributed by atoms with E-state index >= 15 is 0 Å². The molecule has 0 aliphatic carbocycles. The van der Waals surface area contributed by atoms with Crippen molar-refractivity contribution in [1.82, 2.24) is 0 Å². The molecule has 1 N–H and O–H groups in total. The molecule has 1 amide bonds. The molecule has 1 aliphatic rings. The highest BCUT2D eigenvalue weighted by Crippen LogP contribution is 2.24. The molecule has 2 nitrogen and oxygen atoms in total. The monoisotopic (exact) mass is 201 g/mol. The van der Waals surface area contributed by atoms with Crippen molar-refractivity contribution >= 4 is 24.0 Å². The van der Waals surface area contributed by atoms with Crippen molar-refractivity contribution in [1.29, 1.82) is 0 Å². The van der Waals surface area contributed by atoms with Crippen LogP contribution in [0.2, 0.25) is 0 Å². The number of halogens is 2. The number of carbonyl (C=O) groups excluding carboxylic acids is 1. The summed E-state index contributed by atoms with van der Waals surface area (Å²) in [7, 11) is 0. The highest BCUT2D eigenvalue weighted by molar-refractivity contribution is 5.93. The van der Waals surface area contributed by atoms with Crippen LogP contribution in [0.4, 0.5) is 10.1 Å². The van der Waals surface area contributed by atoms with Crippen LogP contribution in [-0.4, -0.2) is 5.91 Å². The van der Waals surface area contributed by atoms with Gasteiger partial charge >= 0.3 is 0 Å². The zero-order valence-electron chi connectivity index (χ0n) is 6.84. The van der Waals surface area contributed by atoms with Gasteiger partial charge in [0.05, 0.1) is 5.69 Å². The number of anilines is 1. The summed E-state index contributed by atoms with van der Waals surface area (Å²) in [5.41, 5.74) is 1.24. The second-order valence-electron chi connectivity index (χ2n) is 2.82. The molecule has 1 heterocycles. The van der Waals surface area contributed by atoms with Crippen molar-refractivity contribution in [2.24, 2.45) is 0 Å². The van der Waals surface area contributed by atoms with Gasteiger partial charge in [0.15, 0.2) is 0 Å². The Morgan fingerprint density at radius 1 is 1.31 bits per heavy atom. The summed E-state index contributed by atoms with van der Waals surface area (Å²) in [5, 5.41) is 2.51. The van der Waals surface area contributed by atoms with Crippen LogP contribution in [0.15, 0.2) is 18.2 Å². The van der Waals surface area contributed by atoms with Gasteiger partial charge in [0.2, 0.25) is 5.91 Å². The number of fused-ring (bicyclic) bond motifs is 1. The third-order valence-corrected chi connectivity index (χ3v) is 1.99. The average molecular weight is 202 g/mol.